The summed E-state index contributed by atoms with van der Waals surface area (Å²) in [5.41, 5.74) is 0. The monoisotopic (exact) mass is 234 g/mol. The van der Waals surface area contributed by atoms with Crippen LogP contribution in [0.3, 0.4) is 0 Å². The molecular formula is C10H22N2O2S. The molecule has 1 aliphatic rings. The molecule has 15 heavy (non-hydrogen) atoms. The zero-order valence-corrected chi connectivity index (χ0v) is 10.6. The molecule has 2 atom stereocenters. The SMILES string of the molecule is CC1CCC(CNS(=O)(=O)C(C)C)CN1. The first-order valence-electron chi connectivity index (χ1n) is 5.63. The van der Waals surface area contributed by atoms with Gasteiger partial charge in [-0.1, -0.05) is 0 Å². The van der Waals surface area contributed by atoms with Crippen LogP contribution in [-0.2, 0) is 10.0 Å². The third-order valence-corrected chi connectivity index (χ3v) is 4.77. The summed E-state index contributed by atoms with van der Waals surface area (Å²) in [5.74, 6) is 0.440. The van der Waals surface area contributed by atoms with Crippen LogP contribution in [0.5, 0.6) is 0 Å². The maximum atomic E-state index is 11.5. The van der Waals surface area contributed by atoms with Crippen LogP contribution in [0, 0.1) is 5.92 Å². The maximum absolute atomic E-state index is 11.5. The fourth-order valence-electron chi connectivity index (χ4n) is 1.63. The van der Waals surface area contributed by atoms with Crippen molar-refractivity contribution >= 4 is 10.0 Å². The summed E-state index contributed by atoms with van der Waals surface area (Å²) in [7, 11) is -3.09. The van der Waals surface area contributed by atoms with Gasteiger partial charge in [0.15, 0.2) is 0 Å². The van der Waals surface area contributed by atoms with Gasteiger partial charge in [0.05, 0.1) is 5.25 Å². The highest BCUT2D eigenvalue weighted by Crippen LogP contribution is 2.13. The van der Waals surface area contributed by atoms with E-state index in [0.717, 1.165) is 19.4 Å². The number of hydrogen-bond donors (Lipinski definition) is 2. The zero-order valence-electron chi connectivity index (χ0n) is 9.79. The normalized spacial score (nSPS) is 28.3. The van der Waals surface area contributed by atoms with E-state index in [9.17, 15) is 8.42 Å². The Labute approximate surface area is 92.9 Å². The van der Waals surface area contributed by atoms with Gasteiger partial charge in [0.2, 0.25) is 10.0 Å². The Hall–Kier alpha value is -0.130. The lowest BCUT2D eigenvalue weighted by Crippen LogP contribution is -2.43. The molecule has 2 unspecified atom stereocenters. The first-order valence-corrected chi connectivity index (χ1v) is 7.18. The zero-order chi connectivity index (χ0) is 11.5. The lowest BCUT2D eigenvalue weighted by Gasteiger charge is -2.27. The van der Waals surface area contributed by atoms with Crippen molar-refractivity contribution in [3.63, 3.8) is 0 Å². The van der Waals surface area contributed by atoms with Gasteiger partial charge in [-0.3, -0.25) is 0 Å². The Morgan fingerprint density at radius 1 is 1.40 bits per heavy atom. The lowest BCUT2D eigenvalue weighted by molar-refractivity contribution is 0.323. The maximum Gasteiger partial charge on any atom is 0.213 e. The second kappa shape index (κ2) is 5.27. The highest BCUT2D eigenvalue weighted by atomic mass is 32.2. The summed E-state index contributed by atoms with van der Waals surface area (Å²) in [6, 6.07) is 0.572. The van der Waals surface area contributed by atoms with E-state index >= 15 is 0 Å². The minimum absolute atomic E-state index is 0.340. The number of piperidine rings is 1. The van der Waals surface area contributed by atoms with Crippen molar-refractivity contribution in [3.05, 3.63) is 0 Å². The molecule has 4 nitrogen and oxygen atoms in total. The molecule has 2 N–H and O–H groups in total. The highest BCUT2D eigenvalue weighted by Gasteiger charge is 2.21. The van der Waals surface area contributed by atoms with Crippen LogP contribution in [0.1, 0.15) is 33.6 Å². The van der Waals surface area contributed by atoms with E-state index in [-0.39, 0.29) is 5.25 Å². The number of hydrogen-bond acceptors (Lipinski definition) is 3. The predicted molar refractivity (Wildman–Crippen MR) is 62.2 cm³/mol. The minimum atomic E-state index is -3.09. The van der Waals surface area contributed by atoms with E-state index in [1.165, 1.54) is 0 Å². The molecule has 90 valence electrons. The summed E-state index contributed by atoms with van der Waals surface area (Å²) in [4.78, 5) is 0. The molecule has 0 aromatic heterocycles. The van der Waals surface area contributed by atoms with Crippen molar-refractivity contribution in [2.45, 2.75) is 44.9 Å². The number of nitrogens with one attached hydrogen (secondary N) is 2. The van der Waals surface area contributed by atoms with Gasteiger partial charge >= 0.3 is 0 Å². The third kappa shape index (κ3) is 4.09. The van der Waals surface area contributed by atoms with Gasteiger partial charge in [-0.2, -0.15) is 0 Å². The molecule has 0 amide bonds. The van der Waals surface area contributed by atoms with Crippen LogP contribution in [0.4, 0.5) is 0 Å². The van der Waals surface area contributed by atoms with Crippen LogP contribution in [0.2, 0.25) is 0 Å². The van der Waals surface area contributed by atoms with Crippen LogP contribution in [0.25, 0.3) is 0 Å². The van der Waals surface area contributed by atoms with Crippen LogP contribution < -0.4 is 10.0 Å². The standard InChI is InChI=1S/C10H22N2O2S/c1-8(2)15(13,14)12-7-10-5-4-9(3)11-6-10/h8-12H,4-7H2,1-3H3. The van der Waals surface area contributed by atoms with E-state index in [0.29, 0.717) is 18.5 Å². The van der Waals surface area contributed by atoms with Crippen molar-refractivity contribution in [2.24, 2.45) is 5.92 Å². The third-order valence-electron chi connectivity index (χ3n) is 2.96. The molecule has 0 spiro atoms. The molecule has 0 aliphatic carbocycles. The highest BCUT2D eigenvalue weighted by molar-refractivity contribution is 7.90. The summed E-state index contributed by atoms with van der Waals surface area (Å²) in [6.07, 6.45) is 2.24. The molecule has 1 saturated heterocycles. The Morgan fingerprint density at radius 2 is 2.07 bits per heavy atom. The molecule has 5 heteroatoms. The van der Waals surface area contributed by atoms with Gasteiger partial charge in [0, 0.05) is 12.6 Å². The fourth-order valence-corrected chi connectivity index (χ4v) is 2.43. The average Bonchev–Trinajstić information content (AvgIpc) is 2.17. The summed E-state index contributed by atoms with van der Waals surface area (Å²) in [6.45, 7) is 7.05. The molecule has 0 aromatic carbocycles. The van der Waals surface area contributed by atoms with E-state index in [4.69, 9.17) is 0 Å². The summed E-state index contributed by atoms with van der Waals surface area (Å²) in [5, 5.41) is 3.02. The number of rotatable bonds is 4. The van der Waals surface area contributed by atoms with Crippen LogP contribution in [-0.4, -0.2) is 32.8 Å². The van der Waals surface area contributed by atoms with Gasteiger partial charge < -0.3 is 5.32 Å². The largest absolute Gasteiger partial charge is 0.314 e. The Balaban J connectivity index is 2.32. The Kier molecular flexibility index (Phi) is 4.55. The first kappa shape index (κ1) is 12.9. The average molecular weight is 234 g/mol. The minimum Gasteiger partial charge on any atom is -0.314 e. The van der Waals surface area contributed by atoms with Crippen molar-refractivity contribution in [3.8, 4) is 0 Å². The summed E-state index contributed by atoms with van der Waals surface area (Å²) >= 11 is 0. The topological polar surface area (TPSA) is 58.2 Å². The van der Waals surface area contributed by atoms with E-state index in [2.05, 4.69) is 17.0 Å². The molecule has 1 heterocycles. The van der Waals surface area contributed by atoms with E-state index < -0.39 is 10.0 Å². The second-order valence-electron chi connectivity index (χ2n) is 4.69. The van der Waals surface area contributed by atoms with Gasteiger partial charge in [0.25, 0.3) is 0 Å². The van der Waals surface area contributed by atoms with E-state index in [1.807, 2.05) is 0 Å². The molecule has 0 bridgehead atoms. The lowest BCUT2D eigenvalue weighted by atomic mass is 9.96. The van der Waals surface area contributed by atoms with Crippen LogP contribution in [0.15, 0.2) is 0 Å². The summed E-state index contributed by atoms with van der Waals surface area (Å²) < 4.78 is 25.7. The van der Waals surface area contributed by atoms with Crippen LogP contribution >= 0.6 is 0 Å². The Bertz CT molecular complexity index is 280. The molecular weight excluding hydrogens is 212 g/mol. The van der Waals surface area contributed by atoms with Crippen molar-refractivity contribution in [1.29, 1.82) is 0 Å². The molecule has 0 saturated carbocycles. The van der Waals surface area contributed by atoms with Gasteiger partial charge in [-0.15, -0.1) is 0 Å². The van der Waals surface area contributed by atoms with Crippen molar-refractivity contribution in [2.75, 3.05) is 13.1 Å². The molecule has 1 aliphatic heterocycles. The molecule has 0 aromatic rings. The first-order chi connectivity index (χ1) is 6.92. The predicted octanol–water partition coefficient (Wildman–Crippen LogP) is 0.702. The van der Waals surface area contributed by atoms with E-state index in [1.54, 1.807) is 13.8 Å². The molecule has 0 radical (unpaired) electrons. The van der Waals surface area contributed by atoms with Gasteiger partial charge in [-0.25, -0.2) is 13.1 Å². The molecule has 1 fully saturated rings. The van der Waals surface area contributed by atoms with Gasteiger partial charge in [-0.05, 0) is 46.1 Å². The van der Waals surface area contributed by atoms with Crippen molar-refractivity contribution in [1.82, 2.24) is 10.0 Å². The quantitative estimate of drug-likeness (QED) is 0.753. The number of sulfonamides is 1. The van der Waals surface area contributed by atoms with Crippen molar-refractivity contribution < 1.29 is 8.42 Å². The molecule has 1 rings (SSSR count). The Morgan fingerprint density at radius 3 is 2.53 bits per heavy atom. The van der Waals surface area contributed by atoms with Gasteiger partial charge in [0.1, 0.15) is 0 Å². The second-order valence-corrected chi connectivity index (χ2v) is 7.02. The fraction of sp³-hybridized carbons (Fsp3) is 1.00. The smallest absolute Gasteiger partial charge is 0.213 e.